The summed E-state index contributed by atoms with van der Waals surface area (Å²) < 4.78 is 39.8. The fourth-order valence-corrected chi connectivity index (χ4v) is 2.89. The van der Waals surface area contributed by atoms with E-state index >= 15 is 0 Å². The Kier molecular flexibility index (Phi) is 5.80. The highest BCUT2D eigenvalue weighted by atomic mass is 32.2. The second-order valence-corrected chi connectivity index (χ2v) is 7.00. The van der Waals surface area contributed by atoms with E-state index in [9.17, 15) is 13.2 Å². The van der Waals surface area contributed by atoms with Gasteiger partial charge in [0.15, 0.2) is 11.5 Å². The number of sulfonamides is 1. The summed E-state index contributed by atoms with van der Waals surface area (Å²) in [6.07, 6.45) is 1.16. The largest absolute Gasteiger partial charge is 0.454 e. The zero-order valence-electron chi connectivity index (χ0n) is 13.1. The van der Waals surface area contributed by atoms with Crippen molar-refractivity contribution in [1.82, 2.24) is 4.31 Å². The standard InChI is InChI=1S/C14H20N2O6S/c1-20-8-7-16(23(2,18)19)6-5-14(17)15-11-3-4-12-13(9-11)22-10-21-12/h3-4,9H,5-8,10H2,1-2H3,(H,15,17). The van der Waals surface area contributed by atoms with Gasteiger partial charge < -0.3 is 19.5 Å². The number of hydrogen-bond acceptors (Lipinski definition) is 6. The number of anilines is 1. The van der Waals surface area contributed by atoms with Gasteiger partial charge >= 0.3 is 0 Å². The Labute approximate surface area is 135 Å². The molecule has 0 radical (unpaired) electrons. The van der Waals surface area contributed by atoms with Crippen molar-refractivity contribution in [3.8, 4) is 11.5 Å². The van der Waals surface area contributed by atoms with Crippen molar-refractivity contribution in [2.75, 3.05) is 45.2 Å². The van der Waals surface area contributed by atoms with Crippen LogP contribution in [0.4, 0.5) is 5.69 Å². The fraction of sp³-hybridized carbons (Fsp3) is 0.500. The summed E-state index contributed by atoms with van der Waals surface area (Å²) in [5.74, 6) is 0.918. The van der Waals surface area contributed by atoms with Crippen LogP contribution in [0.5, 0.6) is 11.5 Å². The number of methoxy groups -OCH3 is 1. The van der Waals surface area contributed by atoms with Crippen molar-refractivity contribution in [2.24, 2.45) is 0 Å². The first-order valence-corrected chi connectivity index (χ1v) is 8.88. The molecule has 0 spiro atoms. The number of fused-ring (bicyclic) bond motifs is 1. The second-order valence-electron chi connectivity index (χ2n) is 5.02. The Morgan fingerprint density at radius 1 is 1.30 bits per heavy atom. The monoisotopic (exact) mass is 344 g/mol. The molecule has 0 bridgehead atoms. The van der Waals surface area contributed by atoms with Crippen LogP contribution in [0, 0.1) is 0 Å². The van der Waals surface area contributed by atoms with Crippen molar-refractivity contribution in [2.45, 2.75) is 6.42 Å². The molecule has 1 N–H and O–H groups in total. The zero-order valence-corrected chi connectivity index (χ0v) is 13.9. The first-order chi connectivity index (χ1) is 10.9. The van der Waals surface area contributed by atoms with Gasteiger partial charge in [-0.2, -0.15) is 4.31 Å². The summed E-state index contributed by atoms with van der Waals surface area (Å²) >= 11 is 0. The molecule has 0 aromatic heterocycles. The molecule has 8 nitrogen and oxygen atoms in total. The molecule has 1 aromatic rings. The van der Waals surface area contributed by atoms with Gasteiger partial charge in [-0.15, -0.1) is 0 Å². The van der Waals surface area contributed by atoms with Crippen LogP contribution in [0.25, 0.3) is 0 Å². The molecule has 0 unspecified atom stereocenters. The van der Waals surface area contributed by atoms with Crippen molar-refractivity contribution >= 4 is 21.6 Å². The molecule has 0 saturated carbocycles. The maximum atomic E-state index is 12.0. The lowest BCUT2D eigenvalue weighted by Gasteiger charge is -2.19. The summed E-state index contributed by atoms with van der Waals surface area (Å²) in [5.41, 5.74) is 0.571. The number of ether oxygens (including phenoxy) is 3. The van der Waals surface area contributed by atoms with E-state index in [-0.39, 0.29) is 38.8 Å². The minimum absolute atomic E-state index is 0.0469. The molecule has 1 aliphatic rings. The van der Waals surface area contributed by atoms with E-state index in [0.717, 1.165) is 6.26 Å². The zero-order chi connectivity index (χ0) is 16.9. The summed E-state index contributed by atoms with van der Waals surface area (Å²) in [4.78, 5) is 12.0. The predicted octanol–water partition coefficient (Wildman–Crippen LogP) is 0.652. The third-order valence-corrected chi connectivity index (χ3v) is 4.56. The summed E-state index contributed by atoms with van der Waals surface area (Å²) in [6.45, 7) is 0.748. The van der Waals surface area contributed by atoms with E-state index in [4.69, 9.17) is 14.2 Å². The fourth-order valence-electron chi connectivity index (χ4n) is 2.06. The lowest BCUT2D eigenvalue weighted by atomic mass is 10.2. The number of amides is 1. The minimum atomic E-state index is -3.38. The predicted molar refractivity (Wildman–Crippen MR) is 84.1 cm³/mol. The summed E-state index contributed by atoms with van der Waals surface area (Å²) in [6, 6.07) is 5.07. The Morgan fingerprint density at radius 2 is 2.04 bits per heavy atom. The third-order valence-electron chi connectivity index (χ3n) is 3.26. The topological polar surface area (TPSA) is 94.2 Å². The molecule has 1 heterocycles. The van der Waals surface area contributed by atoms with E-state index < -0.39 is 10.0 Å². The number of nitrogens with zero attached hydrogens (tertiary/aromatic N) is 1. The number of nitrogens with one attached hydrogen (secondary N) is 1. The van der Waals surface area contributed by atoms with Crippen LogP contribution in [0.3, 0.4) is 0 Å². The number of benzene rings is 1. The Bertz CT molecular complexity index is 661. The molecule has 0 fully saturated rings. The highest BCUT2D eigenvalue weighted by Gasteiger charge is 2.18. The Hall–Kier alpha value is -1.84. The van der Waals surface area contributed by atoms with Gasteiger partial charge in [0.2, 0.25) is 22.7 Å². The first kappa shape index (κ1) is 17.5. The van der Waals surface area contributed by atoms with E-state index in [0.29, 0.717) is 17.2 Å². The van der Waals surface area contributed by atoms with Crippen molar-refractivity contribution in [1.29, 1.82) is 0 Å². The molecular formula is C14H20N2O6S. The lowest BCUT2D eigenvalue weighted by Crippen LogP contribution is -2.35. The normalized spacial score (nSPS) is 13.3. The van der Waals surface area contributed by atoms with Crippen molar-refractivity contribution < 1.29 is 27.4 Å². The summed E-state index contributed by atoms with van der Waals surface area (Å²) in [5, 5.41) is 2.71. The maximum Gasteiger partial charge on any atom is 0.231 e. The van der Waals surface area contributed by atoms with Crippen molar-refractivity contribution in [3.63, 3.8) is 0 Å². The van der Waals surface area contributed by atoms with E-state index in [2.05, 4.69) is 5.32 Å². The molecule has 9 heteroatoms. The van der Waals surface area contributed by atoms with Gasteiger partial charge in [0.1, 0.15) is 0 Å². The van der Waals surface area contributed by atoms with Crippen LogP contribution in [-0.4, -0.2) is 58.5 Å². The minimum Gasteiger partial charge on any atom is -0.454 e. The molecular weight excluding hydrogens is 324 g/mol. The number of carbonyl (C=O) groups is 1. The maximum absolute atomic E-state index is 12.0. The van der Waals surface area contributed by atoms with Crippen LogP contribution in [-0.2, 0) is 19.6 Å². The average Bonchev–Trinajstić information content (AvgIpc) is 2.93. The average molecular weight is 344 g/mol. The summed E-state index contributed by atoms with van der Waals surface area (Å²) in [7, 11) is -1.88. The SMILES string of the molecule is COCCN(CCC(=O)Nc1ccc2c(c1)OCO2)S(C)(=O)=O. The molecule has 1 aromatic carbocycles. The third kappa shape index (κ3) is 5.08. The van der Waals surface area contributed by atoms with E-state index in [1.54, 1.807) is 18.2 Å². The van der Waals surface area contributed by atoms with Gasteiger partial charge in [0, 0.05) is 38.4 Å². The van der Waals surface area contributed by atoms with Gasteiger partial charge in [-0.1, -0.05) is 0 Å². The van der Waals surface area contributed by atoms with E-state index in [1.165, 1.54) is 11.4 Å². The molecule has 23 heavy (non-hydrogen) atoms. The van der Waals surface area contributed by atoms with Crippen LogP contribution in [0.15, 0.2) is 18.2 Å². The van der Waals surface area contributed by atoms with E-state index in [1.807, 2.05) is 0 Å². The molecule has 1 amide bonds. The Morgan fingerprint density at radius 3 is 2.74 bits per heavy atom. The quantitative estimate of drug-likeness (QED) is 0.744. The number of rotatable bonds is 8. The molecule has 0 aliphatic carbocycles. The molecule has 128 valence electrons. The van der Waals surface area contributed by atoms with Gasteiger partial charge in [0.05, 0.1) is 12.9 Å². The molecule has 2 rings (SSSR count). The highest BCUT2D eigenvalue weighted by Crippen LogP contribution is 2.34. The van der Waals surface area contributed by atoms with Crippen LogP contribution in [0.2, 0.25) is 0 Å². The smallest absolute Gasteiger partial charge is 0.231 e. The molecule has 0 saturated heterocycles. The van der Waals surface area contributed by atoms with Gasteiger partial charge in [-0.25, -0.2) is 8.42 Å². The van der Waals surface area contributed by atoms with Crippen molar-refractivity contribution in [3.05, 3.63) is 18.2 Å². The second kappa shape index (κ2) is 7.62. The lowest BCUT2D eigenvalue weighted by molar-refractivity contribution is -0.116. The van der Waals surface area contributed by atoms with Gasteiger partial charge in [-0.3, -0.25) is 4.79 Å². The molecule has 0 atom stereocenters. The van der Waals surface area contributed by atoms with Crippen LogP contribution >= 0.6 is 0 Å². The van der Waals surface area contributed by atoms with Crippen LogP contribution < -0.4 is 14.8 Å². The van der Waals surface area contributed by atoms with Crippen LogP contribution in [0.1, 0.15) is 6.42 Å². The number of hydrogen-bond donors (Lipinski definition) is 1. The highest BCUT2D eigenvalue weighted by molar-refractivity contribution is 7.88. The first-order valence-electron chi connectivity index (χ1n) is 7.03. The van der Waals surface area contributed by atoms with Gasteiger partial charge in [0.25, 0.3) is 0 Å². The molecule has 1 aliphatic heterocycles. The Balaban J connectivity index is 1.88. The van der Waals surface area contributed by atoms with Gasteiger partial charge in [-0.05, 0) is 12.1 Å². The number of carbonyl (C=O) groups excluding carboxylic acids is 1.